The zero-order chi connectivity index (χ0) is 8.27. The van der Waals surface area contributed by atoms with Crippen LogP contribution in [0.2, 0.25) is 0 Å². The fraction of sp³-hybridized carbons (Fsp3) is 0.857. The van der Waals surface area contributed by atoms with E-state index in [0.717, 1.165) is 13.0 Å². The Morgan fingerprint density at radius 1 is 1.91 bits per heavy atom. The number of rotatable bonds is 3. The summed E-state index contributed by atoms with van der Waals surface area (Å²) < 4.78 is 5.10. The van der Waals surface area contributed by atoms with Gasteiger partial charge in [-0.2, -0.15) is 0 Å². The fourth-order valence-corrected chi connectivity index (χ4v) is 0.878. The van der Waals surface area contributed by atoms with Crippen LogP contribution in [0.15, 0.2) is 0 Å². The molecule has 4 heteroatoms. The standard InChI is InChI=1S/C7H12ClNO2/c1-5(8)7(10)9-4-6-2-3-11-6/h5-6H,2-4H2,1H3,(H,9,10). The van der Waals surface area contributed by atoms with Gasteiger partial charge in [-0.3, -0.25) is 4.79 Å². The summed E-state index contributed by atoms with van der Waals surface area (Å²) in [5.74, 6) is -0.123. The van der Waals surface area contributed by atoms with Crippen molar-refractivity contribution in [2.24, 2.45) is 0 Å². The van der Waals surface area contributed by atoms with Gasteiger partial charge in [-0.25, -0.2) is 0 Å². The van der Waals surface area contributed by atoms with Gasteiger partial charge in [0, 0.05) is 13.2 Å². The van der Waals surface area contributed by atoms with Crippen LogP contribution in [-0.4, -0.2) is 30.5 Å². The molecule has 1 saturated heterocycles. The summed E-state index contributed by atoms with van der Waals surface area (Å²) in [6, 6.07) is 0. The molecule has 0 spiro atoms. The topological polar surface area (TPSA) is 38.3 Å². The van der Waals surface area contributed by atoms with Crippen molar-refractivity contribution in [1.82, 2.24) is 5.32 Å². The SMILES string of the molecule is CC(Cl)C(=O)NCC1CCO1. The van der Waals surface area contributed by atoms with Crippen LogP contribution in [-0.2, 0) is 9.53 Å². The van der Waals surface area contributed by atoms with E-state index in [1.165, 1.54) is 0 Å². The molecule has 64 valence electrons. The lowest BCUT2D eigenvalue weighted by Crippen LogP contribution is -2.41. The van der Waals surface area contributed by atoms with E-state index < -0.39 is 5.38 Å². The number of ether oxygens (including phenoxy) is 1. The van der Waals surface area contributed by atoms with Gasteiger partial charge in [0.15, 0.2) is 0 Å². The van der Waals surface area contributed by atoms with Crippen molar-refractivity contribution in [3.8, 4) is 0 Å². The summed E-state index contributed by atoms with van der Waals surface area (Å²) in [4.78, 5) is 10.9. The zero-order valence-electron chi connectivity index (χ0n) is 6.47. The fourth-order valence-electron chi connectivity index (χ4n) is 0.801. The van der Waals surface area contributed by atoms with Crippen LogP contribution >= 0.6 is 11.6 Å². The van der Waals surface area contributed by atoms with E-state index in [9.17, 15) is 4.79 Å². The smallest absolute Gasteiger partial charge is 0.237 e. The van der Waals surface area contributed by atoms with Gasteiger partial charge in [-0.05, 0) is 13.3 Å². The molecule has 0 aromatic carbocycles. The summed E-state index contributed by atoms with van der Waals surface area (Å²) >= 11 is 5.52. The van der Waals surface area contributed by atoms with Crippen molar-refractivity contribution >= 4 is 17.5 Å². The molecule has 1 aliphatic heterocycles. The number of halogens is 1. The molecule has 2 atom stereocenters. The quantitative estimate of drug-likeness (QED) is 0.639. The normalized spacial score (nSPS) is 25.5. The van der Waals surface area contributed by atoms with Crippen molar-refractivity contribution in [2.45, 2.75) is 24.8 Å². The first-order valence-electron chi connectivity index (χ1n) is 3.73. The molecule has 0 aromatic heterocycles. The van der Waals surface area contributed by atoms with E-state index >= 15 is 0 Å². The molecule has 0 saturated carbocycles. The highest BCUT2D eigenvalue weighted by atomic mass is 35.5. The van der Waals surface area contributed by atoms with Crippen LogP contribution in [0, 0.1) is 0 Å². The van der Waals surface area contributed by atoms with E-state index in [1.807, 2.05) is 0 Å². The van der Waals surface area contributed by atoms with Gasteiger partial charge >= 0.3 is 0 Å². The Morgan fingerprint density at radius 2 is 2.55 bits per heavy atom. The maximum absolute atomic E-state index is 10.9. The molecule has 1 rings (SSSR count). The number of carbonyl (C=O) groups excluding carboxylic acids is 1. The van der Waals surface area contributed by atoms with Crippen molar-refractivity contribution in [1.29, 1.82) is 0 Å². The summed E-state index contributed by atoms with van der Waals surface area (Å²) in [5, 5.41) is 2.24. The molecule has 0 aromatic rings. The van der Waals surface area contributed by atoms with Crippen LogP contribution in [0.3, 0.4) is 0 Å². The first-order chi connectivity index (χ1) is 5.20. The highest BCUT2D eigenvalue weighted by Gasteiger charge is 2.19. The van der Waals surface area contributed by atoms with Gasteiger partial charge in [0.25, 0.3) is 0 Å². The van der Waals surface area contributed by atoms with Crippen LogP contribution in [0.1, 0.15) is 13.3 Å². The molecule has 3 nitrogen and oxygen atoms in total. The van der Waals surface area contributed by atoms with E-state index in [4.69, 9.17) is 16.3 Å². The van der Waals surface area contributed by atoms with E-state index in [2.05, 4.69) is 5.32 Å². The second kappa shape index (κ2) is 3.93. The lowest BCUT2D eigenvalue weighted by molar-refractivity contribution is -0.122. The zero-order valence-corrected chi connectivity index (χ0v) is 7.23. The minimum Gasteiger partial charge on any atom is -0.376 e. The summed E-state index contributed by atoms with van der Waals surface area (Å²) in [5.41, 5.74) is 0. The molecule has 0 bridgehead atoms. The van der Waals surface area contributed by atoms with Gasteiger partial charge in [0.1, 0.15) is 5.38 Å². The Bertz CT molecular complexity index is 145. The third-order valence-corrected chi connectivity index (χ3v) is 1.86. The third-order valence-electron chi connectivity index (χ3n) is 1.66. The Morgan fingerprint density at radius 3 is 2.91 bits per heavy atom. The number of hydrogen-bond donors (Lipinski definition) is 1. The van der Waals surface area contributed by atoms with E-state index in [1.54, 1.807) is 6.92 Å². The predicted molar refractivity (Wildman–Crippen MR) is 42.7 cm³/mol. The van der Waals surface area contributed by atoms with Crippen LogP contribution < -0.4 is 5.32 Å². The predicted octanol–water partition coefficient (Wildman–Crippen LogP) is 0.519. The summed E-state index contributed by atoms with van der Waals surface area (Å²) in [7, 11) is 0. The van der Waals surface area contributed by atoms with Crippen molar-refractivity contribution in [3.63, 3.8) is 0 Å². The first kappa shape index (κ1) is 8.81. The number of hydrogen-bond acceptors (Lipinski definition) is 2. The highest BCUT2D eigenvalue weighted by molar-refractivity contribution is 6.30. The van der Waals surface area contributed by atoms with Gasteiger partial charge in [-0.1, -0.05) is 0 Å². The molecule has 1 amide bonds. The van der Waals surface area contributed by atoms with Crippen LogP contribution in [0.5, 0.6) is 0 Å². The summed E-state index contributed by atoms with van der Waals surface area (Å²) in [6.07, 6.45) is 1.26. The lowest BCUT2D eigenvalue weighted by Gasteiger charge is -2.26. The Hall–Kier alpha value is -0.280. The number of nitrogens with one attached hydrogen (secondary N) is 1. The molecule has 0 radical (unpaired) electrons. The average Bonchev–Trinajstić information content (AvgIpc) is 1.83. The van der Waals surface area contributed by atoms with Gasteiger partial charge < -0.3 is 10.1 Å². The molecular weight excluding hydrogens is 166 g/mol. The maximum atomic E-state index is 10.9. The molecule has 1 N–H and O–H groups in total. The van der Waals surface area contributed by atoms with Crippen molar-refractivity contribution < 1.29 is 9.53 Å². The van der Waals surface area contributed by atoms with Crippen molar-refractivity contribution in [3.05, 3.63) is 0 Å². The Kier molecular flexibility index (Phi) is 3.15. The van der Waals surface area contributed by atoms with Gasteiger partial charge in [0.2, 0.25) is 5.91 Å². The lowest BCUT2D eigenvalue weighted by atomic mass is 10.2. The molecule has 1 heterocycles. The molecule has 11 heavy (non-hydrogen) atoms. The maximum Gasteiger partial charge on any atom is 0.237 e. The molecule has 1 fully saturated rings. The average molecular weight is 178 g/mol. The van der Waals surface area contributed by atoms with Crippen molar-refractivity contribution in [2.75, 3.05) is 13.2 Å². The number of amides is 1. The minimum absolute atomic E-state index is 0.123. The monoisotopic (exact) mass is 177 g/mol. The highest BCUT2D eigenvalue weighted by Crippen LogP contribution is 2.09. The van der Waals surface area contributed by atoms with E-state index in [0.29, 0.717) is 6.54 Å². The molecule has 0 aliphatic carbocycles. The van der Waals surface area contributed by atoms with E-state index in [-0.39, 0.29) is 12.0 Å². The number of alkyl halides is 1. The largest absolute Gasteiger partial charge is 0.376 e. The van der Waals surface area contributed by atoms with Gasteiger partial charge in [-0.15, -0.1) is 11.6 Å². The molecule has 1 aliphatic rings. The van der Waals surface area contributed by atoms with Crippen LogP contribution in [0.25, 0.3) is 0 Å². The third kappa shape index (κ3) is 2.67. The number of carbonyl (C=O) groups is 1. The van der Waals surface area contributed by atoms with Gasteiger partial charge in [0.05, 0.1) is 6.10 Å². The van der Waals surface area contributed by atoms with Crippen LogP contribution in [0.4, 0.5) is 0 Å². The minimum atomic E-state index is -0.449. The Labute approximate surface area is 71.1 Å². The second-order valence-corrected chi connectivity index (χ2v) is 3.30. The molecular formula is C7H12ClNO2. The summed E-state index contributed by atoms with van der Waals surface area (Å²) in [6.45, 7) is 3.06. The first-order valence-corrected chi connectivity index (χ1v) is 4.17. The molecule has 2 unspecified atom stereocenters. The Balaban J connectivity index is 2.06. The second-order valence-electron chi connectivity index (χ2n) is 2.64.